The zero-order chi connectivity index (χ0) is 13.1. The first kappa shape index (κ1) is 14.0. The first-order chi connectivity index (χ1) is 8.61. The van der Waals surface area contributed by atoms with Crippen LogP contribution in [0.2, 0.25) is 0 Å². The standard InChI is InChI=1S/C13H19BrN2OS/c1-3-16(10-4-5-10)7-6-15-13(17)11-8-9(2)12(14)18-11/h8,10H,3-7H2,1-2H3,(H,15,17). The molecular weight excluding hydrogens is 312 g/mol. The Labute approximate surface area is 121 Å². The summed E-state index contributed by atoms with van der Waals surface area (Å²) in [5.41, 5.74) is 1.12. The molecule has 0 unspecified atom stereocenters. The second-order valence-electron chi connectivity index (χ2n) is 4.68. The highest BCUT2D eigenvalue weighted by atomic mass is 79.9. The quantitative estimate of drug-likeness (QED) is 0.869. The number of rotatable bonds is 6. The van der Waals surface area contributed by atoms with E-state index < -0.39 is 0 Å². The highest BCUT2D eigenvalue weighted by Crippen LogP contribution is 2.27. The van der Waals surface area contributed by atoms with E-state index in [-0.39, 0.29) is 5.91 Å². The summed E-state index contributed by atoms with van der Waals surface area (Å²) in [4.78, 5) is 15.2. The Bertz CT molecular complexity index is 409. The summed E-state index contributed by atoms with van der Waals surface area (Å²) in [6.07, 6.45) is 2.64. The van der Waals surface area contributed by atoms with E-state index in [4.69, 9.17) is 0 Å². The van der Waals surface area contributed by atoms with Crippen LogP contribution in [0.15, 0.2) is 9.85 Å². The number of carbonyl (C=O) groups excluding carboxylic acids is 1. The Morgan fingerprint density at radius 2 is 2.33 bits per heavy atom. The summed E-state index contributed by atoms with van der Waals surface area (Å²) in [5.74, 6) is 0.0423. The molecule has 3 nitrogen and oxygen atoms in total. The van der Waals surface area contributed by atoms with Gasteiger partial charge >= 0.3 is 0 Å². The maximum atomic E-state index is 11.9. The SMILES string of the molecule is CCN(CCNC(=O)c1cc(C)c(Br)s1)C1CC1. The van der Waals surface area contributed by atoms with E-state index in [0.717, 1.165) is 39.9 Å². The fourth-order valence-corrected chi connectivity index (χ4v) is 3.46. The lowest BCUT2D eigenvalue weighted by Gasteiger charge is -2.19. The average molecular weight is 331 g/mol. The number of hydrogen-bond donors (Lipinski definition) is 1. The summed E-state index contributed by atoms with van der Waals surface area (Å²) < 4.78 is 1.04. The highest BCUT2D eigenvalue weighted by Gasteiger charge is 2.27. The van der Waals surface area contributed by atoms with Crippen molar-refractivity contribution in [2.75, 3.05) is 19.6 Å². The van der Waals surface area contributed by atoms with Crippen molar-refractivity contribution in [3.8, 4) is 0 Å². The summed E-state index contributed by atoms with van der Waals surface area (Å²) in [5, 5.41) is 3.00. The molecule has 1 amide bonds. The topological polar surface area (TPSA) is 32.3 Å². The summed E-state index contributed by atoms with van der Waals surface area (Å²) in [7, 11) is 0. The lowest BCUT2D eigenvalue weighted by Crippen LogP contribution is -2.35. The van der Waals surface area contributed by atoms with E-state index in [1.165, 1.54) is 24.2 Å². The van der Waals surface area contributed by atoms with Crippen LogP contribution in [0.25, 0.3) is 0 Å². The normalized spacial score (nSPS) is 15.1. The molecule has 100 valence electrons. The van der Waals surface area contributed by atoms with Gasteiger partial charge in [-0.2, -0.15) is 0 Å². The summed E-state index contributed by atoms with van der Waals surface area (Å²) in [6, 6.07) is 2.70. The molecule has 0 aliphatic heterocycles. The van der Waals surface area contributed by atoms with Gasteiger partial charge in [0.1, 0.15) is 0 Å². The van der Waals surface area contributed by atoms with Gasteiger partial charge < -0.3 is 5.32 Å². The number of nitrogens with zero attached hydrogens (tertiary/aromatic N) is 1. The minimum atomic E-state index is 0.0423. The summed E-state index contributed by atoms with van der Waals surface area (Å²) in [6.45, 7) is 6.95. The smallest absolute Gasteiger partial charge is 0.261 e. The third kappa shape index (κ3) is 3.56. The molecule has 0 saturated heterocycles. The van der Waals surface area contributed by atoms with Crippen molar-refractivity contribution in [3.63, 3.8) is 0 Å². The number of aryl methyl sites for hydroxylation is 1. The molecule has 1 aromatic heterocycles. The Morgan fingerprint density at radius 1 is 1.61 bits per heavy atom. The van der Waals surface area contributed by atoms with Gasteiger partial charge in [-0.05, 0) is 53.9 Å². The number of carbonyl (C=O) groups is 1. The highest BCUT2D eigenvalue weighted by molar-refractivity contribution is 9.11. The van der Waals surface area contributed by atoms with Crippen LogP contribution in [0.4, 0.5) is 0 Å². The lowest BCUT2D eigenvalue weighted by atomic mass is 10.3. The van der Waals surface area contributed by atoms with Crippen molar-refractivity contribution < 1.29 is 4.79 Å². The zero-order valence-electron chi connectivity index (χ0n) is 10.8. The van der Waals surface area contributed by atoms with Gasteiger partial charge in [0.15, 0.2) is 0 Å². The van der Waals surface area contributed by atoms with Gasteiger partial charge in [-0.15, -0.1) is 11.3 Å². The van der Waals surface area contributed by atoms with Gasteiger partial charge in [-0.25, -0.2) is 0 Å². The van der Waals surface area contributed by atoms with Crippen molar-refractivity contribution >= 4 is 33.2 Å². The summed E-state index contributed by atoms with van der Waals surface area (Å²) >= 11 is 4.94. The molecule has 0 spiro atoms. The molecule has 0 radical (unpaired) electrons. The molecule has 1 heterocycles. The molecule has 1 aromatic rings. The van der Waals surface area contributed by atoms with Crippen LogP contribution < -0.4 is 5.32 Å². The van der Waals surface area contributed by atoms with E-state index in [2.05, 4.69) is 33.1 Å². The first-order valence-electron chi connectivity index (χ1n) is 6.40. The molecule has 0 bridgehead atoms. The maximum Gasteiger partial charge on any atom is 0.261 e. The van der Waals surface area contributed by atoms with E-state index in [0.29, 0.717) is 0 Å². The second kappa shape index (κ2) is 6.17. The number of hydrogen-bond acceptors (Lipinski definition) is 3. The van der Waals surface area contributed by atoms with E-state index in [9.17, 15) is 4.79 Å². The van der Waals surface area contributed by atoms with Crippen LogP contribution in [-0.4, -0.2) is 36.5 Å². The van der Waals surface area contributed by atoms with Gasteiger partial charge in [-0.1, -0.05) is 6.92 Å². The molecule has 1 N–H and O–H groups in total. The minimum Gasteiger partial charge on any atom is -0.350 e. The Kier molecular flexibility index (Phi) is 4.81. The van der Waals surface area contributed by atoms with E-state index >= 15 is 0 Å². The number of halogens is 1. The van der Waals surface area contributed by atoms with Crippen molar-refractivity contribution in [2.24, 2.45) is 0 Å². The monoisotopic (exact) mass is 330 g/mol. The number of nitrogens with one attached hydrogen (secondary N) is 1. The predicted molar refractivity (Wildman–Crippen MR) is 79.4 cm³/mol. The maximum absolute atomic E-state index is 11.9. The van der Waals surface area contributed by atoms with Crippen LogP contribution in [0.3, 0.4) is 0 Å². The molecule has 1 saturated carbocycles. The largest absolute Gasteiger partial charge is 0.350 e. The van der Waals surface area contributed by atoms with Gasteiger partial charge in [0.25, 0.3) is 5.91 Å². The van der Waals surface area contributed by atoms with Crippen molar-refractivity contribution in [2.45, 2.75) is 32.7 Å². The number of amides is 1. The van der Waals surface area contributed by atoms with Crippen molar-refractivity contribution in [3.05, 3.63) is 20.3 Å². The Balaban J connectivity index is 1.77. The number of thiophene rings is 1. The zero-order valence-corrected chi connectivity index (χ0v) is 13.2. The molecule has 0 aromatic carbocycles. The Morgan fingerprint density at radius 3 is 2.83 bits per heavy atom. The van der Waals surface area contributed by atoms with Gasteiger partial charge in [0.05, 0.1) is 8.66 Å². The second-order valence-corrected chi connectivity index (χ2v) is 7.05. The lowest BCUT2D eigenvalue weighted by molar-refractivity contribution is 0.0952. The first-order valence-corrected chi connectivity index (χ1v) is 8.01. The van der Waals surface area contributed by atoms with E-state index in [1.54, 1.807) is 0 Å². The van der Waals surface area contributed by atoms with Crippen LogP contribution in [0.1, 0.15) is 35.0 Å². The fraction of sp³-hybridized carbons (Fsp3) is 0.615. The van der Waals surface area contributed by atoms with Crippen molar-refractivity contribution in [1.82, 2.24) is 10.2 Å². The molecular formula is C13H19BrN2OS. The predicted octanol–water partition coefficient (Wildman–Crippen LogP) is 3.03. The molecule has 1 fully saturated rings. The van der Waals surface area contributed by atoms with Gasteiger partial charge in [0, 0.05) is 19.1 Å². The van der Waals surface area contributed by atoms with Crippen LogP contribution in [-0.2, 0) is 0 Å². The van der Waals surface area contributed by atoms with Crippen molar-refractivity contribution in [1.29, 1.82) is 0 Å². The minimum absolute atomic E-state index is 0.0423. The molecule has 1 aliphatic carbocycles. The molecule has 0 atom stereocenters. The van der Waals surface area contributed by atoms with Crippen LogP contribution >= 0.6 is 27.3 Å². The van der Waals surface area contributed by atoms with E-state index in [1.807, 2.05) is 13.0 Å². The van der Waals surface area contributed by atoms with Crippen LogP contribution in [0, 0.1) is 6.92 Å². The number of likely N-dealkylation sites (N-methyl/N-ethyl adjacent to an activating group) is 1. The van der Waals surface area contributed by atoms with Gasteiger partial charge in [-0.3, -0.25) is 9.69 Å². The van der Waals surface area contributed by atoms with Crippen LogP contribution in [0.5, 0.6) is 0 Å². The fourth-order valence-electron chi connectivity index (χ4n) is 2.01. The molecule has 2 rings (SSSR count). The van der Waals surface area contributed by atoms with Gasteiger partial charge in [0.2, 0.25) is 0 Å². The molecule has 5 heteroatoms. The molecule has 1 aliphatic rings. The molecule has 18 heavy (non-hydrogen) atoms. The Hall–Kier alpha value is -0.390. The third-order valence-electron chi connectivity index (χ3n) is 3.24. The average Bonchev–Trinajstić information content (AvgIpc) is 3.12. The third-order valence-corrected chi connectivity index (χ3v) is 5.37.